The van der Waals surface area contributed by atoms with Gasteiger partial charge < -0.3 is 19.7 Å². The third-order valence-electron chi connectivity index (χ3n) is 4.10. The quantitative estimate of drug-likeness (QED) is 0.752. The molecule has 26 heavy (non-hydrogen) atoms. The van der Waals surface area contributed by atoms with Crippen LogP contribution < -0.4 is 14.8 Å². The Labute approximate surface area is 158 Å². The highest BCUT2D eigenvalue weighted by molar-refractivity contribution is 7.98. The summed E-state index contributed by atoms with van der Waals surface area (Å²) in [5.74, 6) is 1.41. The van der Waals surface area contributed by atoms with Crippen LogP contribution in [-0.4, -0.2) is 36.9 Å². The largest absolute Gasteiger partial charge is 0.486 e. The van der Waals surface area contributed by atoms with E-state index in [0.717, 1.165) is 28.3 Å². The summed E-state index contributed by atoms with van der Waals surface area (Å²) in [5, 5.41) is 3.05. The zero-order valence-corrected chi connectivity index (χ0v) is 16.0. The molecule has 6 heteroatoms. The van der Waals surface area contributed by atoms with E-state index in [-0.39, 0.29) is 6.03 Å². The molecule has 0 radical (unpaired) electrons. The topological polar surface area (TPSA) is 50.8 Å². The van der Waals surface area contributed by atoms with E-state index in [2.05, 4.69) is 12.2 Å². The summed E-state index contributed by atoms with van der Waals surface area (Å²) in [4.78, 5) is 15.7. The van der Waals surface area contributed by atoms with Crippen LogP contribution in [0.3, 0.4) is 0 Å². The van der Waals surface area contributed by atoms with Crippen LogP contribution in [0.1, 0.15) is 18.9 Å². The summed E-state index contributed by atoms with van der Waals surface area (Å²) < 4.78 is 11.3. The van der Waals surface area contributed by atoms with E-state index in [9.17, 15) is 4.79 Å². The molecule has 0 atom stereocenters. The fourth-order valence-electron chi connectivity index (χ4n) is 2.86. The number of benzene rings is 2. The van der Waals surface area contributed by atoms with Crippen LogP contribution in [0.4, 0.5) is 10.5 Å². The van der Waals surface area contributed by atoms with Crippen LogP contribution in [0.25, 0.3) is 0 Å². The van der Waals surface area contributed by atoms with Crippen molar-refractivity contribution in [2.45, 2.75) is 24.8 Å². The number of ether oxygens (including phenoxy) is 2. The monoisotopic (exact) mass is 372 g/mol. The molecule has 0 bridgehead atoms. The van der Waals surface area contributed by atoms with Crippen molar-refractivity contribution in [3.63, 3.8) is 0 Å². The van der Waals surface area contributed by atoms with E-state index in [1.54, 1.807) is 11.8 Å². The molecule has 0 saturated carbocycles. The lowest BCUT2D eigenvalue weighted by atomic mass is 10.2. The van der Waals surface area contributed by atoms with Gasteiger partial charge in [0.1, 0.15) is 13.2 Å². The van der Waals surface area contributed by atoms with Gasteiger partial charge in [0.05, 0.1) is 5.69 Å². The highest BCUT2D eigenvalue weighted by Crippen LogP contribution is 2.39. The Kier molecular flexibility index (Phi) is 6.28. The van der Waals surface area contributed by atoms with Crippen molar-refractivity contribution >= 4 is 23.5 Å². The minimum absolute atomic E-state index is 0.109. The number of hydrogen-bond acceptors (Lipinski definition) is 4. The molecule has 0 saturated heterocycles. The minimum atomic E-state index is -0.109. The third kappa shape index (κ3) is 4.43. The molecule has 3 rings (SSSR count). The molecule has 0 aromatic heterocycles. The molecule has 1 heterocycles. The van der Waals surface area contributed by atoms with E-state index >= 15 is 0 Å². The number of carbonyl (C=O) groups is 1. The van der Waals surface area contributed by atoms with Gasteiger partial charge in [-0.25, -0.2) is 4.79 Å². The summed E-state index contributed by atoms with van der Waals surface area (Å²) in [6, 6.07) is 13.7. The first kappa shape index (κ1) is 18.5. The summed E-state index contributed by atoms with van der Waals surface area (Å²) in [6.45, 7) is 4.42. The Bertz CT molecular complexity index is 752. The first-order valence-corrected chi connectivity index (χ1v) is 10.0. The fourth-order valence-corrected chi connectivity index (χ4v) is 3.41. The average molecular weight is 372 g/mol. The Morgan fingerprint density at radius 3 is 2.50 bits per heavy atom. The number of urea groups is 1. The van der Waals surface area contributed by atoms with Gasteiger partial charge in [0.2, 0.25) is 0 Å². The van der Waals surface area contributed by atoms with Crippen molar-refractivity contribution in [3.8, 4) is 11.5 Å². The van der Waals surface area contributed by atoms with E-state index < -0.39 is 0 Å². The van der Waals surface area contributed by atoms with Gasteiger partial charge in [-0.1, -0.05) is 37.3 Å². The number of anilines is 1. The van der Waals surface area contributed by atoms with Crippen LogP contribution in [0.2, 0.25) is 0 Å². The van der Waals surface area contributed by atoms with Crippen molar-refractivity contribution < 1.29 is 14.3 Å². The van der Waals surface area contributed by atoms with Crippen molar-refractivity contribution in [3.05, 3.63) is 48.0 Å². The van der Waals surface area contributed by atoms with Crippen LogP contribution in [0.15, 0.2) is 47.4 Å². The number of nitrogens with zero attached hydrogens (tertiary/aromatic N) is 1. The Morgan fingerprint density at radius 2 is 1.85 bits per heavy atom. The SMILES string of the molecule is CCCN(Cc1ccccc1)C(=O)Nc1cc2c(cc1SC)OCCO2. The molecule has 138 valence electrons. The molecule has 1 aliphatic heterocycles. The lowest BCUT2D eigenvalue weighted by Crippen LogP contribution is -2.35. The molecule has 1 N–H and O–H groups in total. The van der Waals surface area contributed by atoms with Crippen molar-refractivity contribution in [2.75, 3.05) is 31.3 Å². The predicted octanol–water partition coefficient (Wildman–Crippen LogP) is 4.62. The molecule has 5 nitrogen and oxygen atoms in total. The van der Waals surface area contributed by atoms with Gasteiger partial charge in [-0.2, -0.15) is 0 Å². The van der Waals surface area contributed by atoms with Crippen LogP contribution in [0, 0.1) is 0 Å². The first-order valence-electron chi connectivity index (χ1n) is 8.78. The summed E-state index contributed by atoms with van der Waals surface area (Å²) in [7, 11) is 0. The van der Waals surface area contributed by atoms with E-state index in [1.807, 2.05) is 53.6 Å². The third-order valence-corrected chi connectivity index (χ3v) is 4.88. The standard InChI is InChI=1S/C20H24N2O3S/c1-3-9-22(14-15-7-5-4-6-8-15)20(23)21-16-12-17-18(13-19(16)26-2)25-11-10-24-17/h4-8,12-13H,3,9-11,14H2,1-2H3,(H,21,23). The van der Waals surface area contributed by atoms with Crippen molar-refractivity contribution in [1.29, 1.82) is 0 Å². The lowest BCUT2D eigenvalue weighted by Gasteiger charge is -2.25. The Morgan fingerprint density at radius 1 is 1.15 bits per heavy atom. The van der Waals surface area contributed by atoms with Gasteiger partial charge in [-0.3, -0.25) is 0 Å². The highest BCUT2D eigenvalue weighted by atomic mass is 32.2. The zero-order chi connectivity index (χ0) is 18.4. The number of fused-ring (bicyclic) bond motifs is 1. The second-order valence-corrected chi connectivity index (χ2v) is 6.88. The Balaban J connectivity index is 1.78. The molecule has 0 spiro atoms. The van der Waals surface area contributed by atoms with Gasteiger partial charge in [0.25, 0.3) is 0 Å². The molecule has 0 unspecified atom stereocenters. The van der Waals surface area contributed by atoms with Gasteiger partial charge in [-0.15, -0.1) is 11.8 Å². The number of nitrogens with one attached hydrogen (secondary N) is 1. The predicted molar refractivity (Wildman–Crippen MR) is 105 cm³/mol. The Hall–Kier alpha value is -2.34. The molecule has 2 aromatic carbocycles. The molecule has 2 aromatic rings. The molecular weight excluding hydrogens is 348 g/mol. The molecule has 0 aliphatic carbocycles. The second kappa shape index (κ2) is 8.85. The maximum absolute atomic E-state index is 12.9. The lowest BCUT2D eigenvalue weighted by molar-refractivity contribution is 0.171. The summed E-state index contributed by atoms with van der Waals surface area (Å²) >= 11 is 1.57. The van der Waals surface area contributed by atoms with Gasteiger partial charge >= 0.3 is 6.03 Å². The molecular formula is C20H24N2O3S. The number of hydrogen-bond donors (Lipinski definition) is 1. The smallest absolute Gasteiger partial charge is 0.322 e. The van der Waals surface area contributed by atoms with Crippen LogP contribution in [0.5, 0.6) is 11.5 Å². The second-order valence-electron chi connectivity index (χ2n) is 6.03. The number of rotatable bonds is 6. The van der Waals surface area contributed by atoms with Crippen LogP contribution >= 0.6 is 11.8 Å². The first-order chi connectivity index (χ1) is 12.7. The van der Waals surface area contributed by atoms with Crippen molar-refractivity contribution in [1.82, 2.24) is 4.90 Å². The van der Waals surface area contributed by atoms with Gasteiger partial charge in [-0.05, 0) is 24.3 Å². The zero-order valence-electron chi connectivity index (χ0n) is 15.2. The number of carbonyl (C=O) groups excluding carboxylic acids is 1. The summed E-state index contributed by atoms with van der Waals surface area (Å²) in [6.07, 6.45) is 2.88. The molecule has 2 amide bonds. The van der Waals surface area contributed by atoms with E-state index in [1.165, 1.54) is 0 Å². The van der Waals surface area contributed by atoms with E-state index in [0.29, 0.717) is 32.1 Å². The average Bonchev–Trinajstić information content (AvgIpc) is 2.68. The normalized spacial score (nSPS) is 12.5. The van der Waals surface area contributed by atoms with E-state index in [4.69, 9.17) is 9.47 Å². The highest BCUT2D eigenvalue weighted by Gasteiger charge is 2.19. The van der Waals surface area contributed by atoms with Gasteiger partial charge in [0.15, 0.2) is 11.5 Å². The van der Waals surface area contributed by atoms with Crippen LogP contribution in [-0.2, 0) is 6.54 Å². The number of amides is 2. The maximum atomic E-state index is 12.9. The molecule has 1 aliphatic rings. The number of thioether (sulfide) groups is 1. The summed E-state index contributed by atoms with van der Waals surface area (Å²) in [5.41, 5.74) is 1.87. The minimum Gasteiger partial charge on any atom is -0.486 e. The molecule has 0 fully saturated rings. The van der Waals surface area contributed by atoms with Gasteiger partial charge in [0, 0.05) is 24.1 Å². The maximum Gasteiger partial charge on any atom is 0.322 e. The van der Waals surface area contributed by atoms with Crippen molar-refractivity contribution in [2.24, 2.45) is 0 Å². The fraction of sp³-hybridized carbons (Fsp3) is 0.350.